The zero-order valence-corrected chi connectivity index (χ0v) is 11.1. The van der Waals surface area contributed by atoms with Gasteiger partial charge in [-0.25, -0.2) is 13.1 Å². The molecule has 0 atom stereocenters. The van der Waals surface area contributed by atoms with Crippen molar-refractivity contribution in [3.63, 3.8) is 0 Å². The first-order valence-electron chi connectivity index (χ1n) is 5.39. The maximum atomic E-state index is 11.9. The first-order valence-corrected chi connectivity index (χ1v) is 6.87. The molecular formula is C10H19N3O3S. The molecule has 0 saturated carbocycles. The Kier molecular flexibility index (Phi) is 4.29. The van der Waals surface area contributed by atoms with E-state index < -0.39 is 10.0 Å². The van der Waals surface area contributed by atoms with E-state index >= 15 is 0 Å². The Balaban J connectivity index is 2.73. The number of aromatic nitrogens is 2. The highest BCUT2D eigenvalue weighted by Crippen LogP contribution is 2.20. The third-order valence-electron chi connectivity index (χ3n) is 2.60. The van der Waals surface area contributed by atoms with Crippen molar-refractivity contribution in [3.05, 3.63) is 11.9 Å². The van der Waals surface area contributed by atoms with Gasteiger partial charge in [0.1, 0.15) is 4.90 Å². The van der Waals surface area contributed by atoms with E-state index in [9.17, 15) is 8.42 Å². The molecular weight excluding hydrogens is 242 g/mol. The van der Waals surface area contributed by atoms with Crippen LogP contribution in [-0.2, 0) is 10.0 Å². The number of hydrogen-bond acceptors (Lipinski definition) is 4. The standard InChI is InChI=1S/C10H19N3O3S/c1-8-9(6-11-13-8)17(15,16)12-7-10(2,3)4-5-14/h6,12,14H,4-5,7H2,1-3H3,(H,11,13). The van der Waals surface area contributed by atoms with Gasteiger partial charge < -0.3 is 5.11 Å². The summed E-state index contributed by atoms with van der Waals surface area (Å²) in [6.07, 6.45) is 1.83. The van der Waals surface area contributed by atoms with Crippen LogP contribution in [0.4, 0.5) is 0 Å². The van der Waals surface area contributed by atoms with E-state index in [0.29, 0.717) is 12.1 Å². The maximum absolute atomic E-state index is 11.9. The number of aliphatic hydroxyl groups is 1. The Morgan fingerprint density at radius 2 is 2.18 bits per heavy atom. The van der Waals surface area contributed by atoms with Crippen molar-refractivity contribution in [3.8, 4) is 0 Å². The molecule has 98 valence electrons. The summed E-state index contributed by atoms with van der Waals surface area (Å²) in [5.74, 6) is 0. The van der Waals surface area contributed by atoms with Crippen molar-refractivity contribution in [2.45, 2.75) is 32.1 Å². The molecule has 0 aliphatic carbocycles. The van der Waals surface area contributed by atoms with Gasteiger partial charge in [-0.1, -0.05) is 13.8 Å². The lowest BCUT2D eigenvalue weighted by Crippen LogP contribution is -2.34. The van der Waals surface area contributed by atoms with Crippen molar-refractivity contribution < 1.29 is 13.5 Å². The van der Waals surface area contributed by atoms with Crippen molar-refractivity contribution >= 4 is 10.0 Å². The van der Waals surface area contributed by atoms with Crippen LogP contribution in [0.2, 0.25) is 0 Å². The second kappa shape index (κ2) is 5.16. The van der Waals surface area contributed by atoms with Crippen LogP contribution in [0.1, 0.15) is 26.0 Å². The van der Waals surface area contributed by atoms with Gasteiger partial charge in [-0.15, -0.1) is 0 Å². The molecule has 0 aliphatic heterocycles. The van der Waals surface area contributed by atoms with Crippen LogP contribution in [0, 0.1) is 12.3 Å². The molecule has 0 radical (unpaired) electrons. The highest BCUT2D eigenvalue weighted by molar-refractivity contribution is 7.89. The Morgan fingerprint density at radius 3 is 2.65 bits per heavy atom. The Morgan fingerprint density at radius 1 is 1.53 bits per heavy atom. The second-order valence-electron chi connectivity index (χ2n) is 4.82. The molecule has 3 N–H and O–H groups in total. The predicted octanol–water partition coefficient (Wildman–Crippen LogP) is 0.405. The summed E-state index contributed by atoms with van der Waals surface area (Å²) < 4.78 is 26.4. The molecule has 0 bridgehead atoms. The number of rotatable bonds is 6. The molecule has 0 aromatic carbocycles. The summed E-state index contributed by atoms with van der Waals surface area (Å²) in [6.45, 7) is 5.77. The normalized spacial score (nSPS) is 12.9. The molecule has 0 saturated heterocycles. The third-order valence-corrected chi connectivity index (χ3v) is 4.12. The van der Waals surface area contributed by atoms with Crippen molar-refractivity contribution in [2.24, 2.45) is 5.41 Å². The van der Waals surface area contributed by atoms with Crippen LogP contribution in [-0.4, -0.2) is 36.9 Å². The maximum Gasteiger partial charge on any atom is 0.243 e. The van der Waals surface area contributed by atoms with Crippen LogP contribution in [0.15, 0.2) is 11.1 Å². The number of aliphatic hydroxyl groups excluding tert-OH is 1. The van der Waals surface area contributed by atoms with Gasteiger partial charge in [0.05, 0.1) is 11.9 Å². The van der Waals surface area contributed by atoms with Gasteiger partial charge in [0.2, 0.25) is 10.0 Å². The number of aryl methyl sites for hydroxylation is 1. The van der Waals surface area contributed by atoms with Crippen molar-refractivity contribution in [2.75, 3.05) is 13.2 Å². The van der Waals surface area contributed by atoms with Crippen LogP contribution >= 0.6 is 0 Å². The van der Waals surface area contributed by atoms with Gasteiger partial charge in [0, 0.05) is 13.2 Å². The summed E-state index contributed by atoms with van der Waals surface area (Å²) in [4.78, 5) is 0.164. The minimum atomic E-state index is -3.52. The van der Waals surface area contributed by atoms with Gasteiger partial charge in [-0.05, 0) is 18.8 Å². The molecule has 1 aromatic rings. The minimum Gasteiger partial charge on any atom is -0.396 e. The van der Waals surface area contributed by atoms with Crippen molar-refractivity contribution in [1.82, 2.24) is 14.9 Å². The van der Waals surface area contributed by atoms with E-state index in [1.807, 2.05) is 13.8 Å². The SMILES string of the molecule is Cc1[nH]ncc1S(=O)(=O)NCC(C)(C)CCO. The lowest BCUT2D eigenvalue weighted by Gasteiger charge is -2.23. The Labute approximate surface area is 101 Å². The molecule has 7 heteroatoms. The predicted molar refractivity (Wildman–Crippen MR) is 64.0 cm³/mol. The number of nitrogens with one attached hydrogen (secondary N) is 2. The molecule has 1 aromatic heterocycles. The fourth-order valence-corrected chi connectivity index (χ4v) is 2.75. The largest absolute Gasteiger partial charge is 0.396 e. The summed E-state index contributed by atoms with van der Waals surface area (Å²) in [6, 6.07) is 0. The first-order chi connectivity index (χ1) is 7.78. The van der Waals surface area contributed by atoms with Gasteiger partial charge in [-0.3, -0.25) is 5.10 Å². The smallest absolute Gasteiger partial charge is 0.243 e. The number of H-pyrrole nitrogens is 1. The second-order valence-corrected chi connectivity index (χ2v) is 6.56. The fourth-order valence-electron chi connectivity index (χ4n) is 1.37. The van der Waals surface area contributed by atoms with Gasteiger partial charge in [0.15, 0.2) is 0 Å². The summed E-state index contributed by atoms with van der Waals surface area (Å²) in [5.41, 5.74) is 0.233. The Bertz CT molecular complexity index is 465. The van der Waals surface area contributed by atoms with Crippen LogP contribution < -0.4 is 4.72 Å². The van der Waals surface area contributed by atoms with E-state index in [0.717, 1.165) is 0 Å². The molecule has 0 aliphatic rings. The topological polar surface area (TPSA) is 95.1 Å². The average molecular weight is 261 g/mol. The molecule has 0 fully saturated rings. The number of nitrogens with zero attached hydrogens (tertiary/aromatic N) is 1. The van der Waals surface area contributed by atoms with E-state index in [1.54, 1.807) is 6.92 Å². The summed E-state index contributed by atoms with van der Waals surface area (Å²) in [5, 5.41) is 15.1. The highest BCUT2D eigenvalue weighted by Gasteiger charge is 2.23. The first kappa shape index (κ1) is 14.1. The van der Waals surface area contributed by atoms with Gasteiger partial charge in [0.25, 0.3) is 0 Å². The zero-order valence-electron chi connectivity index (χ0n) is 10.3. The fraction of sp³-hybridized carbons (Fsp3) is 0.700. The van der Waals surface area contributed by atoms with Crippen molar-refractivity contribution in [1.29, 1.82) is 0 Å². The van der Waals surface area contributed by atoms with Gasteiger partial charge >= 0.3 is 0 Å². The Hall–Kier alpha value is -0.920. The molecule has 0 amide bonds. The van der Waals surface area contributed by atoms with E-state index in [1.165, 1.54) is 6.20 Å². The minimum absolute atomic E-state index is 0.0411. The zero-order chi connectivity index (χ0) is 13.1. The third kappa shape index (κ3) is 3.79. The van der Waals surface area contributed by atoms with Crippen LogP contribution in [0.5, 0.6) is 0 Å². The number of hydrogen-bond donors (Lipinski definition) is 3. The van der Waals surface area contributed by atoms with E-state index in [-0.39, 0.29) is 23.5 Å². The monoisotopic (exact) mass is 261 g/mol. The molecule has 1 rings (SSSR count). The molecule has 0 spiro atoms. The summed E-state index contributed by atoms with van der Waals surface area (Å²) >= 11 is 0. The average Bonchev–Trinajstić information content (AvgIpc) is 2.63. The van der Waals surface area contributed by atoms with E-state index in [2.05, 4.69) is 14.9 Å². The van der Waals surface area contributed by atoms with Crippen LogP contribution in [0.3, 0.4) is 0 Å². The summed E-state index contributed by atoms with van der Waals surface area (Å²) in [7, 11) is -3.52. The molecule has 17 heavy (non-hydrogen) atoms. The molecule has 0 unspecified atom stereocenters. The number of sulfonamides is 1. The highest BCUT2D eigenvalue weighted by atomic mass is 32.2. The number of aromatic amines is 1. The lowest BCUT2D eigenvalue weighted by atomic mass is 9.90. The van der Waals surface area contributed by atoms with Gasteiger partial charge in [-0.2, -0.15) is 5.10 Å². The molecule has 1 heterocycles. The van der Waals surface area contributed by atoms with E-state index in [4.69, 9.17) is 5.11 Å². The van der Waals surface area contributed by atoms with Crippen LogP contribution in [0.25, 0.3) is 0 Å². The molecule has 6 nitrogen and oxygen atoms in total. The lowest BCUT2D eigenvalue weighted by molar-refractivity contribution is 0.213. The quantitative estimate of drug-likeness (QED) is 0.691.